The van der Waals surface area contributed by atoms with Crippen molar-refractivity contribution in [2.24, 2.45) is 0 Å². The number of rotatable bonds is 1. The number of thiophene rings is 1. The lowest BCUT2D eigenvalue weighted by Crippen LogP contribution is -2.62. The average Bonchev–Trinajstić information content (AvgIpc) is 3.79. The molecule has 0 saturated heterocycles. The molecule has 3 aliphatic heterocycles. The zero-order valence-corrected chi connectivity index (χ0v) is 34.6. The topological polar surface area (TPSA) is 19.6 Å². The van der Waals surface area contributed by atoms with Crippen LogP contribution in [0.25, 0.3) is 53.2 Å². The van der Waals surface area contributed by atoms with Crippen LogP contribution in [0.3, 0.4) is 0 Å². The first-order valence-electron chi connectivity index (χ1n) is 20.9. The maximum Gasteiger partial charge on any atom is 0.333 e. The molecular weight excluding hydrogens is 723 g/mol. The number of furan rings is 1. The molecule has 1 aliphatic carbocycles. The van der Waals surface area contributed by atoms with Gasteiger partial charge >= 0.3 is 6.85 Å². The van der Waals surface area contributed by atoms with E-state index in [0.717, 1.165) is 11.2 Å². The molecule has 0 fully saturated rings. The summed E-state index contributed by atoms with van der Waals surface area (Å²) in [6, 6.07) is 48.7. The Kier molecular flexibility index (Phi) is 6.20. The van der Waals surface area contributed by atoms with Crippen LogP contribution in [0.15, 0.2) is 132 Å². The Labute approximate surface area is 343 Å². The molecule has 0 radical (unpaired) electrons. The third-order valence-electron chi connectivity index (χ3n) is 14.7. The molecule has 5 heterocycles. The summed E-state index contributed by atoms with van der Waals surface area (Å²) in [5, 5.41) is 5.00. The summed E-state index contributed by atoms with van der Waals surface area (Å²) < 4.78 is 9.56. The molecular formula is C53H43BN2OS. The minimum Gasteiger partial charge on any atom is -0.456 e. The molecule has 0 unspecified atom stereocenters. The Hall–Kier alpha value is -5.78. The van der Waals surface area contributed by atoms with Gasteiger partial charge in [-0.05, 0) is 105 Å². The third kappa shape index (κ3) is 4.06. The van der Waals surface area contributed by atoms with Gasteiger partial charge in [0.1, 0.15) is 11.2 Å². The zero-order valence-electron chi connectivity index (χ0n) is 33.8. The van der Waals surface area contributed by atoms with E-state index in [1.807, 2.05) is 11.3 Å². The predicted molar refractivity (Wildman–Crippen MR) is 248 cm³/mol. The van der Waals surface area contributed by atoms with E-state index in [1.165, 1.54) is 117 Å². The fourth-order valence-electron chi connectivity index (χ4n) is 11.6. The smallest absolute Gasteiger partial charge is 0.333 e. The van der Waals surface area contributed by atoms with Gasteiger partial charge in [-0.15, -0.1) is 11.3 Å². The van der Waals surface area contributed by atoms with Crippen molar-refractivity contribution < 1.29 is 4.42 Å². The molecule has 0 atom stereocenters. The molecule has 5 heteroatoms. The summed E-state index contributed by atoms with van der Waals surface area (Å²) in [6.45, 7) is 14.5. The van der Waals surface area contributed by atoms with Crippen LogP contribution in [-0.4, -0.2) is 6.85 Å². The first-order chi connectivity index (χ1) is 28.0. The van der Waals surface area contributed by atoms with Crippen LogP contribution in [0, 0.1) is 0 Å². The monoisotopic (exact) mass is 766 g/mol. The van der Waals surface area contributed by atoms with E-state index in [9.17, 15) is 0 Å². The third-order valence-corrected chi connectivity index (χ3v) is 15.8. The van der Waals surface area contributed by atoms with Gasteiger partial charge in [0.05, 0.1) is 5.69 Å². The summed E-state index contributed by atoms with van der Waals surface area (Å²) in [7, 11) is 0. The second kappa shape index (κ2) is 10.8. The molecule has 280 valence electrons. The van der Waals surface area contributed by atoms with Crippen molar-refractivity contribution in [1.82, 2.24) is 0 Å². The number of hydrogen-bond donors (Lipinski definition) is 0. The lowest BCUT2D eigenvalue weighted by molar-refractivity contribution is 0.332. The Bertz CT molecular complexity index is 3310. The fraction of sp³-hybridized carbons (Fsp3) is 0.208. The summed E-state index contributed by atoms with van der Waals surface area (Å²) in [6.07, 6.45) is 2.37. The van der Waals surface area contributed by atoms with Crippen LogP contribution in [0.5, 0.6) is 0 Å². The van der Waals surface area contributed by atoms with Gasteiger partial charge in [-0.1, -0.05) is 120 Å². The summed E-state index contributed by atoms with van der Waals surface area (Å²) in [4.78, 5) is 5.32. The summed E-state index contributed by atoms with van der Waals surface area (Å²) in [5.74, 6) is 0. The van der Waals surface area contributed by atoms with Gasteiger partial charge in [-0.2, -0.15) is 0 Å². The largest absolute Gasteiger partial charge is 0.456 e. The van der Waals surface area contributed by atoms with Crippen LogP contribution >= 0.6 is 11.3 Å². The highest BCUT2D eigenvalue weighted by Gasteiger charge is 2.51. The highest BCUT2D eigenvalue weighted by Crippen LogP contribution is 2.57. The quantitative estimate of drug-likeness (QED) is 0.155. The van der Waals surface area contributed by atoms with Gasteiger partial charge in [0, 0.05) is 70.7 Å². The Morgan fingerprint density at radius 1 is 0.569 bits per heavy atom. The molecule has 0 spiro atoms. The second-order valence-corrected chi connectivity index (χ2v) is 20.2. The molecule has 2 aromatic heterocycles. The van der Waals surface area contributed by atoms with E-state index >= 15 is 0 Å². The fourth-order valence-corrected chi connectivity index (χ4v) is 12.7. The van der Waals surface area contributed by atoms with E-state index in [-0.39, 0.29) is 23.1 Å². The molecule has 3 nitrogen and oxygen atoms in total. The van der Waals surface area contributed by atoms with Gasteiger partial charge in [-0.3, -0.25) is 0 Å². The molecule has 0 saturated carbocycles. The number of para-hydroxylation sites is 3. The number of anilines is 5. The highest BCUT2D eigenvalue weighted by atomic mass is 32.1. The molecule has 0 bridgehead atoms. The van der Waals surface area contributed by atoms with Crippen LogP contribution in [0.4, 0.5) is 28.4 Å². The van der Waals surface area contributed by atoms with Crippen molar-refractivity contribution in [3.05, 3.63) is 150 Å². The average molecular weight is 767 g/mol. The Morgan fingerprint density at radius 3 is 2.17 bits per heavy atom. The highest BCUT2D eigenvalue weighted by molar-refractivity contribution is 7.25. The van der Waals surface area contributed by atoms with Gasteiger partial charge in [0.2, 0.25) is 0 Å². The van der Waals surface area contributed by atoms with E-state index in [4.69, 9.17) is 4.42 Å². The molecule has 7 aromatic carbocycles. The van der Waals surface area contributed by atoms with Crippen molar-refractivity contribution in [2.45, 2.75) is 70.6 Å². The summed E-state index contributed by atoms with van der Waals surface area (Å²) >= 11 is 1.91. The van der Waals surface area contributed by atoms with E-state index in [1.54, 1.807) is 0 Å². The first kappa shape index (κ1) is 33.2. The zero-order chi connectivity index (χ0) is 39.0. The van der Waals surface area contributed by atoms with E-state index < -0.39 is 0 Å². The van der Waals surface area contributed by atoms with Gasteiger partial charge in [0.25, 0.3) is 0 Å². The predicted octanol–water partition coefficient (Wildman–Crippen LogP) is 13.6. The van der Waals surface area contributed by atoms with Crippen molar-refractivity contribution in [2.75, 3.05) is 9.71 Å². The molecule has 0 amide bonds. The van der Waals surface area contributed by atoms with Gasteiger partial charge in [-0.25, -0.2) is 0 Å². The molecule has 0 N–H and O–H groups in total. The number of fused-ring (bicyclic) bond motifs is 14. The molecule has 13 rings (SSSR count). The SMILES string of the molecule is CC1(C)CCC(C)(C)c2cc(N3B4c5cccc6c5N(c5ccccc5C6(C)C)c5cc6oc7ccccc7c6c(c54)-c4cc5c(cc43)sc3ccccc35)ccc21. The van der Waals surface area contributed by atoms with Gasteiger partial charge in [0.15, 0.2) is 0 Å². The minimum atomic E-state index is -0.190. The second-order valence-electron chi connectivity index (χ2n) is 19.1. The summed E-state index contributed by atoms with van der Waals surface area (Å²) in [5.41, 5.74) is 19.1. The maximum atomic E-state index is 6.91. The standard InChI is InChI=1S/C53H43BN2OS/c1-51(2)24-25-52(3,4)38-26-30(22-23-35(38)51)56-41-29-46-33(31-14-8-12-21-45(31)58-46)27-34(41)48-47-32-15-7-11-20-43(32)57-44(47)28-42-49(48)54(56)39-18-13-17-37-50(39)55(42)40-19-10-9-16-36(40)53(37,5)6/h7-23,26-29H,24-25H2,1-6H3. The number of hydrogen-bond acceptors (Lipinski definition) is 4. The lowest BCUT2D eigenvalue weighted by atomic mass is 9.42. The number of benzene rings is 7. The Balaban J connectivity index is 1.23. The minimum absolute atomic E-state index is 0.0723. The maximum absolute atomic E-state index is 6.91. The molecule has 58 heavy (non-hydrogen) atoms. The van der Waals surface area contributed by atoms with Gasteiger partial charge < -0.3 is 14.1 Å². The normalized spacial score (nSPS) is 17.7. The number of nitrogens with zero attached hydrogens (tertiary/aromatic N) is 2. The van der Waals surface area contributed by atoms with Crippen molar-refractivity contribution in [3.63, 3.8) is 0 Å². The lowest BCUT2D eigenvalue weighted by Gasteiger charge is -2.50. The van der Waals surface area contributed by atoms with E-state index in [2.05, 4.69) is 179 Å². The molecule has 9 aromatic rings. The van der Waals surface area contributed by atoms with E-state index in [0.29, 0.717) is 0 Å². The van der Waals surface area contributed by atoms with Crippen molar-refractivity contribution in [1.29, 1.82) is 0 Å². The molecule has 4 aliphatic rings. The van der Waals surface area contributed by atoms with Crippen LogP contribution in [0.2, 0.25) is 0 Å². The van der Waals surface area contributed by atoms with Crippen LogP contribution < -0.4 is 20.6 Å². The van der Waals surface area contributed by atoms with Crippen LogP contribution in [-0.2, 0) is 16.2 Å². The first-order valence-corrected chi connectivity index (χ1v) is 21.7. The Morgan fingerprint density at radius 2 is 1.31 bits per heavy atom. The van der Waals surface area contributed by atoms with Crippen molar-refractivity contribution >= 4 is 99.7 Å². The van der Waals surface area contributed by atoms with Crippen LogP contribution in [0.1, 0.15) is 76.6 Å². The van der Waals surface area contributed by atoms with Crippen molar-refractivity contribution in [3.8, 4) is 11.1 Å².